The lowest BCUT2D eigenvalue weighted by Gasteiger charge is -2.27. The zero-order valence-electron chi connectivity index (χ0n) is 15.6. The second-order valence-electron chi connectivity index (χ2n) is 6.83. The van der Waals surface area contributed by atoms with E-state index in [1.165, 1.54) is 6.07 Å². The first-order valence-corrected chi connectivity index (χ1v) is 9.45. The van der Waals surface area contributed by atoms with Crippen molar-refractivity contribution in [3.63, 3.8) is 0 Å². The monoisotopic (exact) mass is 372 g/mol. The van der Waals surface area contributed by atoms with Gasteiger partial charge in [0.25, 0.3) is 5.91 Å². The Morgan fingerprint density at radius 3 is 2.89 bits per heavy atom. The lowest BCUT2D eigenvalue weighted by Crippen LogP contribution is -2.38. The van der Waals surface area contributed by atoms with Crippen LogP contribution in [0.15, 0.2) is 24.3 Å². The maximum atomic E-state index is 13.8. The quantitative estimate of drug-likeness (QED) is 0.734. The number of halogens is 1. The smallest absolute Gasteiger partial charge is 0.272 e. The fraction of sp³-hybridized carbons (Fsp3) is 0.450. The van der Waals surface area contributed by atoms with Gasteiger partial charge in [0.05, 0.1) is 6.42 Å². The molecule has 27 heavy (non-hydrogen) atoms. The third-order valence-electron chi connectivity index (χ3n) is 4.87. The highest BCUT2D eigenvalue weighted by molar-refractivity contribution is 5.94. The average molecular weight is 372 g/mol. The summed E-state index contributed by atoms with van der Waals surface area (Å²) in [6.07, 6.45) is 3.71. The van der Waals surface area contributed by atoms with Crippen LogP contribution in [0.25, 0.3) is 0 Å². The molecule has 2 N–H and O–H groups in total. The highest BCUT2D eigenvalue weighted by Crippen LogP contribution is 2.21. The van der Waals surface area contributed by atoms with E-state index in [0.29, 0.717) is 37.3 Å². The molecule has 0 unspecified atom stereocenters. The van der Waals surface area contributed by atoms with E-state index >= 15 is 0 Å². The molecule has 3 rings (SSSR count). The lowest BCUT2D eigenvalue weighted by molar-refractivity contribution is -0.131. The third kappa shape index (κ3) is 4.53. The molecule has 2 heterocycles. The molecule has 0 saturated carbocycles. The number of hydrogen-bond donors (Lipinski definition) is 2. The number of carbonyl (C=O) groups is 2. The fourth-order valence-corrected chi connectivity index (χ4v) is 3.27. The van der Waals surface area contributed by atoms with Crippen LogP contribution in [0.5, 0.6) is 0 Å². The zero-order chi connectivity index (χ0) is 19.2. The molecule has 144 valence electrons. The molecule has 1 aliphatic rings. The summed E-state index contributed by atoms with van der Waals surface area (Å²) in [5.41, 5.74) is 2.39. The number of carbonyl (C=O) groups excluding carboxylic acids is 2. The SMILES string of the molecule is CCCCCNC(=O)c1n[nH]c2c1CN(C(=O)Cc1ccccc1F)CC2. The van der Waals surface area contributed by atoms with E-state index in [0.717, 1.165) is 30.5 Å². The number of nitrogens with zero attached hydrogens (tertiary/aromatic N) is 2. The van der Waals surface area contributed by atoms with Gasteiger partial charge in [-0.05, 0) is 18.1 Å². The van der Waals surface area contributed by atoms with Crippen LogP contribution in [0.1, 0.15) is 53.5 Å². The fourth-order valence-electron chi connectivity index (χ4n) is 3.27. The Hall–Kier alpha value is -2.70. The van der Waals surface area contributed by atoms with E-state index in [4.69, 9.17) is 0 Å². The molecule has 0 spiro atoms. The Morgan fingerprint density at radius 1 is 1.30 bits per heavy atom. The Balaban J connectivity index is 1.65. The topological polar surface area (TPSA) is 78.1 Å². The summed E-state index contributed by atoms with van der Waals surface area (Å²) in [5.74, 6) is -0.743. The van der Waals surface area contributed by atoms with Crippen LogP contribution in [-0.2, 0) is 24.2 Å². The Bertz CT molecular complexity index is 818. The van der Waals surface area contributed by atoms with Crippen LogP contribution in [0.2, 0.25) is 0 Å². The summed E-state index contributed by atoms with van der Waals surface area (Å²) >= 11 is 0. The van der Waals surface area contributed by atoms with Crippen molar-refractivity contribution in [2.24, 2.45) is 0 Å². The Labute approximate surface area is 158 Å². The van der Waals surface area contributed by atoms with E-state index in [9.17, 15) is 14.0 Å². The molecule has 0 bridgehead atoms. The minimum absolute atomic E-state index is 0.0123. The van der Waals surface area contributed by atoms with Gasteiger partial charge in [0.2, 0.25) is 5.91 Å². The van der Waals surface area contributed by atoms with Gasteiger partial charge in [-0.15, -0.1) is 0 Å². The van der Waals surface area contributed by atoms with Gasteiger partial charge in [0.1, 0.15) is 5.82 Å². The number of nitrogens with one attached hydrogen (secondary N) is 2. The van der Waals surface area contributed by atoms with Crippen molar-refractivity contribution in [2.75, 3.05) is 13.1 Å². The van der Waals surface area contributed by atoms with E-state index in [2.05, 4.69) is 22.4 Å². The first-order chi connectivity index (χ1) is 13.1. The van der Waals surface area contributed by atoms with Crippen molar-refractivity contribution in [3.05, 3.63) is 52.6 Å². The van der Waals surface area contributed by atoms with Crippen molar-refractivity contribution in [3.8, 4) is 0 Å². The van der Waals surface area contributed by atoms with Crippen LogP contribution in [0, 0.1) is 5.82 Å². The first-order valence-electron chi connectivity index (χ1n) is 9.45. The van der Waals surface area contributed by atoms with Gasteiger partial charge in [-0.3, -0.25) is 14.7 Å². The van der Waals surface area contributed by atoms with E-state index in [1.54, 1.807) is 23.1 Å². The standard InChI is InChI=1S/C20H25FN4O2/c1-2-3-6-10-22-20(27)19-15-13-25(11-9-17(15)23-24-19)18(26)12-14-7-4-5-8-16(14)21/h4-5,7-8H,2-3,6,9-13H2,1H3,(H,22,27)(H,23,24). The number of aromatic nitrogens is 2. The van der Waals surface area contributed by atoms with Gasteiger partial charge < -0.3 is 10.2 Å². The van der Waals surface area contributed by atoms with E-state index in [1.807, 2.05) is 0 Å². The average Bonchev–Trinajstić information content (AvgIpc) is 3.10. The molecule has 0 atom stereocenters. The van der Waals surface area contributed by atoms with Crippen LogP contribution < -0.4 is 5.32 Å². The third-order valence-corrected chi connectivity index (χ3v) is 4.87. The van der Waals surface area contributed by atoms with Gasteiger partial charge in [0, 0.05) is 37.3 Å². The first kappa shape index (κ1) is 19.1. The number of H-pyrrole nitrogens is 1. The number of rotatable bonds is 7. The normalized spacial score (nSPS) is 13.3. The molecule has 2 amide bonds. The number of amides is 2. The molecule has 1 aromatic carbocycles. The minimum Gasteiger partial charge on any atom is -0.351 e. The van der Waals surface area contributed by atoms with Crippen molar-refractivity contribution in [2.45, 2.75) is 45.6 Å². The van der Waals surface area contributed by atoms with Crippen molar-refractivity contribution in [1.82, 2.24) is 20.4 Å². The lowest BCUT2D eigenvalue weighted by atomic mass is 10.0. The van der Waals surface area contributed by atoms with Gasteiger partial charge >= 0.3 is 0 Å². The molecule has 6 nitrogen and oxygen atoms in total. The molecule has 1 aromatic heterocycles. The van der Waals surface area contributed by atoms with E-state index < -0.39 is 0 Å². The van der Waals surface area contributed by atoms with Gasteiger partial charge in [-0.2, -0.15) is 5.10 Å². The number of aromatic amines is 1. The summed E-state index contributed by atoms with van der Waals surface area (Å²) in [7, 11) is 0. The number of benzene rings is 1. The van der Waals surface area contributed by atoms with Gasteiger partial charge in [-0.1, -0.05) is 38.0 Å². The maximum Gasteiger partial charge on any atom is 0.272 e. The van der Waals surface area contributed by atoms with Gasteiger partial charge in [-0.25, -0.2) is 4.39 Å². The summed E-state index contributed by atoms with van der Waals surface area (Å²) in [6.45, 7) is 3.57. The van der Waals surface area contributed by atoms with Crippen molar-refractivity contribution < 1.29 is 14.0 Å². The second kappa shape index (κ2) is 8.79. The van der Waals surface area contributed by atoms with Crippen LogP contribution >= 0.6 is 0 Å². The molecular weight excluding hydrogens is 347 g/mol. The maximum absolute atomic E-state index is 13.8. The molecular formula is C20H25FN4O2. The molecule has 0 fully saturated rings. The summed E-state index contributed by atoms with van der Waals surface area (Å²) < 4.78 is 13.8. The van der Waals surface area contributed by atoms with Gasteiger partial charge in [0.15, 0.2) is 5.69 Å². The summed E-state index contributed by atoms with van der Waals surface area (Å²) in [6, 6.07) is 6.30. The molecule has 0 radical (unpaired) electrons. The minimum atomic E-state index is -0.376. The zero-order valence-corrected chi connectivity index (χ0v) is 15.6. The molecule has 2 aromatic rings. The van der Waals surface area contributed by atoms with Crippen LogP contribution in [0.4, 0.5) is 4.39 Å². The number of hydrogen-bond acceptors (Lipinski definition) is 3. The summed E-state index contributed by atoms with van der Waals surface area (Å²) in [5, 5.41) is 9.96. The largest absolute Gasteiger partial charge is 0.351 e. The van der Waals surface area contributed by atoms with E-state index in [-0.39, 0.29) is 24.1 Å². The Kier molecular flexibility index (Phi) is 6.21. The van der Waals surface area contributed by atoms with Crippen molar-refractivity contribution in [1.29, 1.82) is 0 Å². The molecule has 7 heteroatoms. The molecule has 0 aliphatic carbocycles. The Morgan fingerprint density at radius 2 is 2.11 bits per heavy atom. The second-order valence-corrected chi connectivity index (χ2v) is 6.83. The number of unbranched alkanes of at least 4 members (excludes halogenated alkanes) is 2. The predicted octanol–water partition coefficient (Wildman–Crippen LogP) is 2.60. The predicted molar refractivity (Wildman–Crippen MR) is 99.7 cm³/mol. The highest BCUT2D eigenvalue weighted by Gasteiger charge is 2.28. The van der Waals surface area contributed by atoms with Crippen molar-refractivity contribution >= 4 is 11.8 Å². The molecule has 1 aliphatic heterocycles. The molecule has 0 saturated heterocycles. The summed E-state index contributed by atoms with van der Waals surface area (Å²) in [4.78, 5) is 26.7. The number of fused-ring (bicyclic) bond motifs is 1. The van der Waals surface area contributed by atoms with Crippen LogP contribution in [-0.4, -0.2) is 40.0 Å². The van der Waals surface area contributed by atoms with Crippen LogP contribution in [0.3, 0.4) is 0 Å². The highest BCUT2D eigenvalue weighted by atomic mass is 19.1.